The maximum absolute atomic E-state index is 14.1. The monoisotopic (exact) mass is 532 g/mol. The van der Waals surface area contributed by atoms with Crippen LogP contribution in [0.4, 0.5) is 19.0 Å². The van der Waals surface area contributed by atoms with Gasteiger partial charge in [-0.05, 0) is 49.4 Å². The lowest BCUT2D eigenvalue weighted by atomic mass is 9.72. The molecule has 4 rings (SSSR count). The zero-order valence-corrected chi connectivity index (χ0v) is 22.1. The molecule has 1 amide bonds. The van der Waals surface area contributed by atoms with Crippen LogP contribution in [0.5, 0.6) is 0 Å². The van der Waals surface area contributed by atoms with Gasteiger partial charge in [0.05, 0.1) is 23.3 Å². The van der Waals surface area contributed by atoms with Crippen molar-refractivity contribution in [2.24, 2.45) is 17.3 Å². The zero-order valence-electron chi connectivity index (χ0n) is 22.1. The number of hydrogen-bond acceptors (Lipinski definition) is 5. The van der Waals surface area contributed by atoms with Gasteiger partial charge in [-0.2, -0.15) is 13.2 Å². The molecular weight excluding hydrogens is 497 g/mol. The fraction of sp³-hybridized carbons (Fsp3) is 0.571. The highest BCUT2D eigenvalue weighted by atomic mass is 19.4. The van der Waals surface area contributed by atoms with E-state index in [0.29, 0.717) is 18.5 Å². The van der Waals surface area contributed by atoms with Crippen LogP contribution in [0.3, 0.4) is 0 Å². The number of amides is 1. The maximum atomic E-state index is 14.1. The number of carbonyl (C=O) groups is 2. The molecule has 0 radical (unpaired) electrons. The highest BCUT2D eigenvalue weighted by Crippen LogP contribution is 2.50. The van der Waals surface area contributed by atoms with Crippen LogP contribution in [0.25, 0.3) is 0 Å². The summed E-state index contributed by atoms with van der Waals surface area (Å²) in [5.74, 6) is -2.36. The first-order valence-corrected chi connectivity index (χ1v) is 13.1. The first-order chi connectivity index (χ1) is 17.8. The normalized spacial score (nSPS) is 24.9. The topological polar surface area (TPSA) is 95.4 Å². The second kappa shape index (κ2) is 10.5. The fourth-order valence-corrected chi connectivity index (χ4v) is 6.15. The standard InChI is InChI=1S/C28H35F3N4O3/c1-16-14-18(28(29,30)31)15-20(33-16)34-22-21(27(2,3)4)24(26(37)38)35(23(22)19-12-8-9-13-32-19)25(36)17-10-6-5-7-11-17/h8-9,12-15,17,21-24H,5-7,10-11H2,1-4H3,(H,33,34)(H,37,38)/t21-,22-,23-,24-/m0/s1. The van der Waals surface area contributed by atoms with Crippen LogP contribution in [-0.4, -0.2) is 43.9 Å². The number of aromatic nitrogens is 2. The van der Waals surface area contributed by atoms with Gasteiger partial charge in [-0.1, -0.05) is 46.1 Å². The molecule has 0 unspecified atom stereocenters. The van der Waals surface area contributed by atoms with E-state index in [1.165, 1.54) is 11.8 Å². The Morgan fingerprint density at radius 2 is 1.76 bits per heavy atom. The number of nitrogens with one attached hydrogen (secondary N) is 1. The van der Waals surface area contributed by atoms with Crippen molar-refractivity contribution < 1.29 is 27.9 Å². The lowest BCUT2D eigenvalue weighted by Gasteiger charge is -2.36. The van der Waals surface area contributed by atoms with Crippen LogP contribution in [0.2, 0.25) is 0 Å². The Bertz CT molecular complexity index is 1160. The quantitative estimate of drug-likeness (QED) is 0.501. The highest BCUT2D eigenvalue weighted by Gasteiger charge is 2.59. The zero-order chi connectivity index (χ0) is 27.8. The van der Waals surface area contributed by atoms with Crippen LogP contribution in [0, 0.1) is 24.2 Å². The second-order valence-electron chi connectivity index (χ2n) is 11.5. The van der Waals surface area contributed by atoms with Crippen LogP contribution >= 0.6 is 0 Å². The first-order valence-electron chi connectivity index (χ1n) is 13.1. The summed E-state index contributed by atoms with van der Waals surface area (Å²) in [6.07, 6.45) is 1.19. The lowest BCUT2D eigenvalue weighted by Crippen LogP contribution is -2.49. The Kier molecular flexibility index (Phi) is 7.72. The molecule has 1 aliphatic carbocycles. The van der Waals surface area contributed by atoms with Gasteiger partial charge in [0.2, 0.25) is 5.91 Å². The van der Waals surface area contributed by atoms with E-state index in [2.05, 4.69) is 15.3 Å². The van der Waals surface area contributed by atoms with Crippen molar-refractivity contribution in [3.63, 3.8) is 0 Å². The van der Waals surface area contributed by atoms with Gasteiger partial charge in [0, 0.05) is 23.7 Å². The number of rotatable bonds is 5. The van der Waals surface area contributed by atoms with Crippen molar-refractivity contribution in [1.82, 2.24) is 14.9 Å². The van der Waals surface area contributed by atoms with Gasteiger partial charge < -0.3 is 15.3 Å². The molecule has 206 valence electrons. The minimum atomic E-state index is -4.57. The summed E-state index contributed by atoms with van der Waals surface area (Å²) in [5, 5.41) is 13.7. The molecule has 2 aromatic rings. The van der Waals surface area contributed by atoms with Crippen molar-refractivity contribution >= 4 is 17.7 Å². The molecule has 1 saturated heterocycles. The van der Waals surface area contributed by atoms with Crippen molar-refractivity contribution in [3.8, 4) is 0 Å². The number of hydrogen-bond donors (Lipinski definition) is 2. The van der Waals surface area contributed by atoms with Crippen LogP contribution in [0.15, 0.2) is 36.5 Å². The van der Waals surface area contributed by atoms with Crippen molar-refractivity contribution in [2.75, 3.05) is 5.32 Å². The largest absolute Gasteiger partial charge is 0.480 e. The van der Waals surface area contributed by atoms with E-state index in [1.807, 2.05) is 20.8 Å². The molecule has 2 fully saturated rings. The Hall–Kier alpha value is -3.17. The molecule has 38 heavy (non-hydrogen) atoms. The molecule has 3 heterocycles. The molecule has 4 atom stereocenters. The summed E-state index contributed by atoms with van der Waals surface area (Å²) in [4.78, 5) is 37.2. The molecule has 7 nitrogen and oxygen atoms in total. The smallest absolute Gasteiger partial charge is 0.416 e. The van der Waals surface area contributed by atoms with E-state index in [0.717, 1.165) is 31.4 Å². The summed E-state index contributed by atoms with van der Waals surface area (Å²) in [5.41, 5.74) is -0.827. The van der Waals surface area contributed by atoms with Gasteiger partial charge in [-0.25, -0.2) is 9.78 Å². The molecule has 0 spiro atoms. The van der Waals surface area contributed by atoms with Gasteiger partial charge in [-0.15, -0.1) is 0 Å². The van der Waals surface area contributed by atoms with E-state index in [1.54, 1.807) is 24.4 Å². The highest BCUT2D eigenvalue weighted by molar-refractivity contribution is 5.87. The Balaban J connectivity index is 1.88. The van der Waals surface area contributed by atoms with Gasteiger partial charge in [0.25, 0.3) is 0 Å². The van der Waals surface area contributed by atoms with E-state index in [9.17, 15) is 27.9 Å². The number of anilines is 1. The number of carboxylic acid groups (broad SMARTS) is 1. The molecule has 2 aliphatic rings. The lowest BCUT2D eigenvalue weighted by molar-refractivity contribution is -0.154. The molecule has 1 saturated carbocycles. The fourth-order valence-electron chi connectivity index (χ4n) is 6.15. The Labute approximate surface area is 220 Å². The van der Waals surface area contributed by atoms with E-state index < -0.39 is 47.2 Å². The second-order valence-corrected chi connectivity index (χ2v) is 11.5. The number of halogens is 3. The molecule has 0 bridgehead atoms. The molecular formula is C28H35F3N4O3. The van der Waals surface area contributed by atoms with Crippen molar-refractivity contribution in [2.45, 2.75) is 84.1 Å². The van der Waals surface area contributed by atoms with Crippen LogP contribution in [0.1, 0.15) is 75.9 Å². The van der Waals surface area contributed by atoms with Gasteiger partial charge in [0.1, 0.15) is 11.9 Å². The number of alkyl halides is 3. The average molecular weight is 533 g/mol. The average Bonchev–Trinajstić information content (AvgIpc) is 3.19. The molecule has 1 aliphatic heterocycles. The van der Waals surface area contributed by atoms with Crippen LogP contribution in [-0.2, 0) is 15.8 Å². The summed E-state index contributed by atoms with van der Waals surface area (Å²) < 4.78 is 40.8. The first kappa shape index (κ1) is 27.9. The van der Waals surface area contributed by atoms with Crippen molar-refractivity contribution in [3.05, 3.63) is 53.5 Å². The van der Waals surface area contributed by atoms with Crippen LogP contribution < -0.4 is 5.32 Å². The third-order valence-electron chi connectivity index (χ3n) is 7.71. The minimum absolute atomic E-state index is 0.0198. The molecule has 2 aromatic heterocycles. The summed E-state index contributed by atoms with van der Waals surface area (Å²) in [7, 11) is 0. The van der Waals surface area contributed by atoms with E-state index in [4.69, 9.17) is 0 Å². The predicted molar refractivity (Wildman–Crippen MR) is 136 cm³/mol. The summed E-state index contributed by atoms with van der Waals surface area (Å²) in [6.45, 7) is 7.14. The number of aryl methyl sites for hydroxylation is 1. The van der Waals surface area contributed by atoms with E-state index in [-0.39, 0.29) is 23.3 Å². The number of aliphatic carboxylic acids is 1. The van der Waals surface area contributed by atoms with Gasteiger partial charge in [-0.3, -0.25) is 9.78 Å². The number of nitrogens with zero attached hydrogens (tertiary/aromatic N) is 3. The summed E-state index contributed by atoms with van der Waals surface area (Å²) in [6, 6.07) is 4.36. The Morgan fingerprint density at radius 3 is 2.32 bits per heavy atom. The maximum Gasteiger partial charge on any atom is 0.416 e. The van der Waals surface area contributed by atoms with Gasteiger partial charge in [0.15, 0.2) is 0 Å². The minimum Gasteiger partial charge on any atom is -0.480 e. The molecule has 10 heteroatoms. The summed E-state index contributed by atoms with van der Waals surface area (Å²) >= 11 is 0. The predicted octanol–water partition coefficient (Wildman–Crippen LogP) is 5.86. The Morgan fingerprint density at radius 1 is 1.08 bits per heavy atom. The SMILES string of the molecule is Cc1cc(C(F)(F)F)cc(N[C@H]2[C@H](C(C)(C)C)[C@@H](C(=O)O)N(C(=O)C3CCCCC3)[C@H]2c2ccccn2)n1. The third-order valence-corrected chi connectivity index (χ3v) is 7.71. The number of likely N-dealkylation sites (tertiary alicyclic amines) is 1. The number of pyridine rings is 2. The van der Waals surface area contributed by atoms with Crippen molar-refractivity contribution in [1.29, 1.82) is 0 Å². The molecule has 0 aromatic carbocycles. The molecule has 2 N–H and O–H groups in total. The number of carbonyl (C=O) groups excluding carboxylic acids is 1. The van der Waals surface area contributed by atoms with E-state index >= 15 is 0 Å². The van der Waals surface area contributed by atoms with Gasteiger partial charge >= 0.3 is 12.1 Å². The third kappa shape index (κ3) is 5.63. The number of carboxylic acids is 1.